The van der Waals surface area contributed by atoms with E-state index < -0.39 is 10.8 Å². The topological polar surface area (TPSA) is 104 Å². The lowest BCUT2D eigenvalue weighted by atomic mass is 9.57. The van der Waals surface area contributed by atoms with Crippen molar-refractivity contribution in [1.29, 1.82) is 0 Å². The van der Waals surface area contributed by atoms with E-state index in [1.807, 2.05) is 13.8 Å². The van der Waals surface area contributed by atoms with Crippen molar-refractivity contribution >= 4 is 34.2 Å². The van der Waals surface area contributed by atoms with E-state index in [1.54, 1.807) is 12.4 Å². The average Bonchev–Trinajstić information content (AvgIpc) is 2.92. The normalized spacial score (nSPS) is 26.3. The zero-order valence-electron chi connectivity index (χ0n) is 19.0. The van der Waals surface area contributed by atoms with Crippen LogP contribution in [0, 0.1) is 5.41 Å². The zero-order valence-corrected chi connectivity index (χ0v) is 20.5. The first-order valence-electron chi connectivity index (χ1n) is 11.7. The molecule has 2 aliphatic carbocycles. The van der Waals surface area contributed by atoms with Crippen LogP contribution >= 0.6 is 11.6 Å². The lowest BCUT2D eigenvalue weighted by molar-refractivity contribution is 0.0582. The molecule has 0 bridgehead atoms. The van der Waals surface area contributed by atoms with Gasteiger partial charge in [-0.25, -0.2) is 15.0 Å². The Kier molecular flexibility index (Phi) is 4.81. The predicted molar refractivity (Wildman–Crippen MR) is 127 cm³/mol. The lowest BCUT2D eigenvalue weighted by Crippen LogP contribution is -2.62. The second-order valence-corrected chi connectivity index (χ2v) is 13.5. The highest BCUT2D eigenvalue weighted by Gasteiger charge is 2.54. The maximum Gasteiger partial charge on any atom is 0.227 e. The fourth-order valence-electron chi connectivity index (χ4n) is 5.81. The first-order chi connectivity index (χ1) is 15.7. The molecule has 2 aliphatic heterocycles. The summed E-state index contributed by atoms with van der Waals surface area (Å²) < 4.78 is 12.9. The molecule has 8 nitrogen and oxygen atoms in total. The van der Waals surface area contributed by atoms with E-state index in [2.05, 4.69) is 20.2 Å². The highest BCUT2D eigenvalue weighted by atomic mass is 35.5. The molecular formula is C23H29ClN6O2S. The molecule has 3 fully saturated rings. The summed E-state index contributed by atoms with van der Waals surface area (Å²) >= 11 is 5.92. The number of rotatable bonds is 5. The third-order valence-corrected chi connectivity index (χ3v) is 10.0. The lowest BCUT2D eigenvalue weighted by Gasteiger charge is -2.58. The van der Waals surface area contributed by atoms with Gasteiger partial charge in [-0.1, -0.05) is 11.6 Å². The minimum Gasteiger partial charge on any atom is -0.394 e. The second kappa shape index (κ2) is 7.33. The number of hydrogen-bond donors (Lipinski definition) is 2. The first-order valence-corrected chi connectivity index (χ1v) is 13.2. The molecule has 4 aliphatic rings. The monoisotopic (exact) mass is 488 g/mol. The molecular weight excluding hydrogens is 460 g/mol. The molecule has 1 spiro atoms. The number of halogens is 1. The van der Waals surface area contributed by atoms with Gasteiger partial charge in [0.1, 0.15) is 16.5 Å². The van der Waals surface area contributed by atoms with Crippen molar-refractivity contribution in [3.05, 3.63) is 28.9 Å². The van der Waals surface area contributed by atoms with Crippen LogP contribution in [0.25, 0.3) is 0 Å². The molecule has 0 unspecified atom stereocenters. The van der Waals surface area contributed by atoms with Gasteiger partial charge in [0, 0.05) is 43.2 Å². The summed E-state index contributed by atoms with van der Waals surface area (Å²) in [5.74, 6) is 2.61. The Labute approximate surface area is 201 Å². The zero-order chi connectivity index (χ0) is 23.0. The van der Waals surface area contributed by atoms with E-state index in [0.29, 0.717) is 29.1 Å². The molecule has 6 rings (SSSR count). The van der Waals surface area contributed by atoms with E-state index in [1.165, 1.54) is 0 Å². The minimum atomic E-state index is -1.18. The van der Waals surface area contributed by atoms with E-state index in [0.717, 1.165) is 61.6 Å². The predicted octanol–water partition coefficient (Wildman–Crippen LogP) is 3.07. The number of nitrogens with zero attached hydrogens (tertiary/aromatic N) is 5. The first kappa shape index (κ1) is 21.7. The summed E-state index contributed by atoms with van der Waals surface area (Å²) in [7, 11) is -1.18. The van der Waals surface area contributed by atoms with Gasteiger partial charge in [-0.15, -0.1) is 0 Å². The molecule has 0 aromatic carbocycles. The van der Waals surface area contributed by atoms with Gasteiger partial charge in [0.2, 0.25) is 5.95 Å². The van der Waals surface area contributed by atoms with Gasteiger partial charge in [-0.05, 0) is 46.0 Å². The van der Waals surface area contributed by atoms with Gasteiger partial charge in [0.25, 0.3) is 0 Å². The van der Waals surface area contributed by atoms with Gasteiger partial charge < -0.3 is 15.3 Å². The van der Waals surface area contributed by atoms with Crippen molar-refractivity contribution in [2.45, 2.75) is 73.5 Å². The molecule has 33 heavy (non-hydrogen) atoms. The molecule has 2 N–H and O–H groups in total. The van der Waals surface area contributed by atoms with E-state index in [9.17, 15) is 9.32 Å². The van der Waals surface area contributed by atoms with Crippen LogP contribution in [0.15, 0.2) is 17.3 Å². The summed E-state index contributed by atoms with van der Waals surface area (Å²) in [6, 6.07) is 0. The highest BCUT2D eigenvalue weighted by Crippen LogP contribution is 2.56. The minimum absolute atomic E-state index is 0.0537. The fourth-order valence-corrected chi connectivity index (χ4v) is 7.33. The van der Waals surface area contributed by atoms with E-state index in [-0.39, 0.29) is 22.3 Å². The number of aliphatic hydroxyl groups is 1. The summed E-state index contributed by atoms with van der Waals surface area (Å²) in [4.78, 5) is 21.5. The van der Waals surface area contributed by atoms with Gasteiger partial charge >= 0.3 is 0 Å². The van der Waals surface area contributed by atoms with Crippen LogP contribution in [0.4, 0.5) is 11.8 Å². The van der Waals surface area contributed by atoms with Crippen LogP contribution in [0.5, 0.6) is 0 Å². The molecule has 2 aromatic rings. The summed E-state index contributed by atoms with van der Waals surface area (Å²) in [5, 5.41) is 14.0. The van der Waals surface area contributed by atoms with Crippen molar-refractivity contribution < 1.29 is 9.32 Å². The molecule has 176 valence electrons. The Morgan fingerprint density at radius 3 is 2.52 bits per heavy atom. The third kappa shape index (κ3) is 3.46. The average molecular weight is 489 g/mol. The maximum absolute atomic E-state index is 13.2. The van der Waals surface area contributed by atoms with Gasteiger partial charge in [0.15, 0.2) is 0 Å². The summed E-state index contributed by atoms with van der Waals surface area (Å²) in [5.41, 5.74) is 0.790. The molecule has 2 saturated carbocycles. The van der Waals surface area contributed by atoms with Crippen LogP contribution in [0.1, 0.15) is 63.4 Å². The van der Waals surface area contributed by atoms with Crippen molar-refractivity contribution in [2.24, 2.45) is 5.41 Å². The Balaban J connectivity index is 1.22. The largest absolute Gasteiger partial charge is 0.394 e. The Bertz CT molecular complexity index is 1120. The smallest absolute Gasteiger partial charge is 0.227 e. The van der Waals surface area contributed by atoms with Crippen molar-refractivity contribution in [1.82, 2.24) is 19.9 Å². The molecule has 0 amide bonds. The van der Waals surface area contributed by atoms with Crippen LogP contribution in [0.2, 0.25) is 5.02 Å². The Hall–Kier alpha value is -1.84. The molecule has 10 heteroatoms. The van der Waals surface area contributed by atoms with Crippen molar-refractivity contribution in [2.75, 3.05) is 29.9 Å². The van der Waals surface area contributed by atoms with Gasteiger partial charge in [-0.2, -0.15) is 4.98 Å². The molecule has 1 saturated heterocycles. The summed E-state index contributed by atoms with van der Waals surface area (Å²) in [6.07, 6.45) is 9.00. The third-order valence-electron chi connectivity index (χ3n) is 7.90. The SMILES string of the molecule is CC1(C)Cc2nc(N3CC4(CC(c5ncc(Cl)cn5)C4)C3)nc(NC3(CO)CCC3)c2[S@@]1=O. The van der Waals surface area contributed by atoms with Crippen molar-refractivity contribution in [3.8, 4) is 0 Å². The molecule has 0 radical (unpaired) electrons. The van der Waals surface area contributed by atoms with Gasteiger partial charge in [-0.3, -0.25) is 4.21 Å². The maximum atomic E-state index is 13.2. The van der Waals surface area contributed by atoms with Crippen LogP contribution in [-0.2, 0) is 17.2 Å². The Morgan fingerprint density at radius 2 is 1.91 bits per heavy atom. The van der Waals surface area contributed by atoms with Crippen LogP contribution in [0.3, 0.4) is 0 Å². The van der Waals surface area contributed by atoms with Crippen LogP contribution in [-0.4, -0.2) is 59.2 Å². The number of aromatic nitrogens is 4. The number of hydrogen-bond acceptors (Lipinski definition) is 8. The van der Waals surface area contributed by atoms with Crippen molar-refractivity contribution in [3.63, 3.8) is 0 Å². The molecule has 2 aromatic heterocycles. The number of nitrogens with one attached hydrogen (secondary N) is 1. The Morgan fingerprint density at radius 1 is 1.21 bits per heavy atom. The molecule has 4 heterocycles. The standard InChI is InChI=1S/C23H29ClN6O2S/c1-21(2)8-16-17(33(21)32)19(29-23(13-31)4-3-5-23)28-20(27-16)30-11-22(12-30)6-14(7-22)18-25-9-15(24)10-26-18/h9-10,14,31H,3-8,11-13H2,1-2H3,(H,27,28,29)/t33-/m0/s1. The number of anilines is 2. The fraction of sp³-hybridized carbons (Fsp3) is 0.652. The van der Waals surface area contributed by atoms with E-state index in [4.69, 9.17) is 21.6 Å². The quantitative estimate of drug-likeness (QED) is 0.661. The highest BCUT2D eigenvalue weighted by molar-refractivity contribution is 7.87. The summed E-state index contributed by atoms with van der Waals surface area (Å²) in [6.45, 7) is 5.91. The number of fused-ring (bicyclic) bond motifs is 1. The van der Waals surface area contributed by atoms with E-state index >= 15 is 0 Å². The van der Waals surface area contributed by atoms with Crippen LogP contribution < -0.4 is 10.2 Å². The van der Waals surface area contributed by atoms with Gasteiger partial charge in [0.05, 0.1) is 38.4 Å². The molecule has 1 atom stereocenters. The number of aliphatic hydroxyl groups excluding tert-OH is 1. The second-order valence-electron chi connectivity index (χ2n) is 11.0.